The monoisotopic (exact) mass is 1770 g/mol. The Morgan fingerprint density at radius 3 is 1.96 bits per heavy atom. The van der Waals surface area contributed by atoms with E-state index in [0.29, 0.717) is 24.1 Å². The number of fused-ring (bicyclic) bond motifs is 15. The minimum absolute atomic E-state index is 0.123. The first-order valence-corrected chi connectivity index (χ1v) is 40.7. The van der Waals surface area contributed by atoms with Crippen LogP contribution in [0.25, 0.3) is 22.3 Å². The Labute approximate surface area is 724 Å². The van der Waals surface area contributed by atoms with Crippen molar-refractivity contribution in [3.05, 3.63) is 177 Å². The number of hydrogen-bond donors (Lipinski definition) is 21. The summed E-state index contributed by atoms with van der Waals surface area (Å²) in [6.07, 6.45) is -17.8. The van der Waals surface area contributed by atoms with Gasteiger partial charge < -0.3 is 138 Å². The molecule has 39 heteroatoms. The number of nitrogens with one attached hydrogen (secondary N) is 9. The molecular formula is C86H96Cl2N10O27. The number of aromatic hydroxyl groups is 3. The van der Waals surface area contributed by atoms with Crippen LogP contribution in [0.5, 0.6) is 46.0 Å². The van der Waals surface area contributed by atoms with Crippen LogP contribution in [0.3, 0.4) is 0 Å². The van der Waals surface area contributed by atoms with Crippen molar-refractivity contribution in [2.75, 3.05) is 20.2 Å². The molecule has 22 N–H and O–H groups in total. The van der Waals surface area contributed by atoms with Gasteiger partial charge in [-0.05, 0) is 170 Å². The minimum atomic E-state index is -2.39. The highest BCUT2D eigenvalue weighted by Gasteiger charge is 2.52. The molecule has 8 amide bonds. The van der Waals surface area contributed by atoms with Crippen LogP contribution in [0, 0.1) is 5.92 Å². The zero-order chi connectivity index (χ0) is 90.3. The fourth-order valence-electron chi connectivity index (χ4n) is 15.6. The number of primary amides is 1. The Kier molecular flexibility index (Phi) is 29.2. The molecule has 11 bridgehead atoms. The molecule has 0 aliphatic carbocycles. The number of aliphatic hydroxyl groups excluding tert-OH is 6. The number of benzene rings is 7. The minimum Gasteiger partial charge on any atom is -0.508 e. The molecule has 666 valence electrons. The predicted octanol–water partition coefficient (Wildman–Crippen LogP) is 3.39. The molecule has 7 aliphatic heterocycles. The number of aryl methyl sites for hydroxylation is 1. The summed E-state index contributed by atoms with van der Waals surface area (Å²) < 4.78 is 39.6. The van der Waals surface area contributed by atoms with E-state index in [1.807, 2.05) is 67.7 Å². The second-order valence-corrected chi connectivity index (χ2v) is 32.6. The number of carboxylic acid groups (broad SMARTS) is 2. The smallest absolute Gasteiger partial charge is 0.326 e. The van der Waals surface area contributed by atoms with Gasteiger partial charge in [-0.25, -0.2) is 4.79 Å². The van der Waals surface area contributed by atoms with Crippen molar-refractivity contribution in [3.8, 4) is 68.2 Å². The van der Waals surface area contributed by atoms with E-state index in [9.17, 15) is 80.1 Å². The fourth-order valence-corrected chi connectivity index (χ4v) is 15.9. The number of carbonyl (C=O) groups is 10. The van der Waals surface area contributed by atoms with Crippen molar-refractivity contribution in [1.29, 1.82) is 0 Å². The Morgan fingerprint density at radius 1 is 0.664 bits per heavy atom. The van der Waals surface area contributed by atoms with Gasteiger partial charge in [0.1, 0.15) is 102 Å². The van der Waals surface area contributed by atoms with E-state index in [2.05, 4.69) is 42.5 Å². The third-order valence-electron chi connectivity index (χ3n) is 22.2. The van der Waals surface area contributed by atoms with Gasteiger partial charge in [0.15, 0.2) is 23.9 Å². The molecule has 2 fully saturated rings. The zero-order valence-corrected chi connectivity index (χ0v) is 69.3. The van der Waals surface area contributed by atoms with Crippen molar-refractivity contribution >= 4 is 82.4 Å². The van der Waals surface area contributed by atoms with Gasteiger partial charge >= 0.3 is 11.9 Å². The van der Waals surface area contributed by atoms with Crippen molar-refractivity contribution in [2.24, 2.45) is 11.7 Å². The summed E-state index contributed by atoms with van der Waals surface area (Å²) in [5, 5.41) is 150. The van der Waals surface area contributed by atoms with Crippen molar-refractivity contribution in [3.63, 3.8) is 0 Å². The summed E-state index contributed by atoms with van der Waals surface area (Å²) in [7, 11) is 1.47. The average molecular weight is 1770 g/mol. The third kappa shape index (κ3) is 21.4. The van der Waals surface area contributed by atoms with Crippen LogP contribution in [0.1, 0.15) is 130 Å². The molecule has 0 spiro atoms. The number of nitrogens with two attached hydrogens (primary N) is 1. The summed E-state index contributed by atoms with van der Waals surface area (Å²) in [5.74, 6) is -19.7. The maximum atomic E-state index is 16.3. The summed E-state index contributed by atoms with van der Waals surface area (Å²) in [4.78, 5) is 145. The number of rotatable bonds is 24. The van der Waals surface area contributed by atoms with Gasteiger partial charge in [0.25, 0.3) is 0 Å². The molecule has 7 heterocycles. The van der Waals surface area contributed by atoms with Gasteiger partial charge in [0.05, 0.1) is 42.7 Å². The van der Waals surface area contributed by atoms with Crippen molar-refractivity contribution in [2.45, 2.75) is 188 Å². The lowest BCUT2D eigenvalue weighted by atomic mass is 9.84. The first-order valence-electron chi connectivity index (χ1n) is 40.0. The van der Waals surface area contributed by atoms with Crippen LogP contribution < -0.4 is 67.8 Å². The normalized spacial score (nSPS) is 26.2. The number of aliphatic carboxylic acids is 2. The van der Waals surface area contributed by atoms with E-state index in [1.165, 1.54) is 31.3 Å². The number of hydrogen-bond acceptors (Lipinski definition) is 27. The maximum absolute atomic E-state index is 16.3. The largest absolute Gasteiger partial charge is 0.508 e. The van der Waals surface area contributed by atoms with E-state index >= 15 is 24.0 Å². The Morgan fingerprint density at radius 2 is 1.31 bits per heavy atom. The number of phenolic OH excluding ortho intramolecular Hbond substituents is 3. The molecule has 7 aliphatic rings. The molecule has 19 atom stereocenters. The summed E-state index contributed by atoms with van der Waals surface area (Å²) >= 11 is 13.3. The Hall–Kier alpha value is -11.8. The van der Waals surface area contributed by atoms with Crippen molar-refractivity contribution < 1.29 is 133 Å². The van der Waals surface area contributed by atoms with Crippen LogP contribution >= 0.6 is 23.2 Å². The van der Waals surface area contributed by atoms with E-state index in [0.717, 1.165) is 84.1 Å². The number of halogens is 2. The van der Waals surface area contributed by atoms with Gasteiger partial charge in [-0.2, -0.15) is 0 Å². The molecular weight excluding hydrogens is 1680 g/mol. The zero-order valence-electron chi connectivity index (χ0n) is 67.8. The average Bonchev–Trinajstić information content (AvgIpc) is 0.760. The Balaban J connectivity index is 1.00. The highest BCUT2D eigenvalue weighted by molar-refractivity contribution is 6.32. The van der Waals surface area contributed by atoms with E-state index in [4.69, 9.17) is 57.4 Å². The first-order chi connectivity index (χ1) is 59.4. The highest BCUT2D eigenvalue weighted by atomic mass is 35.5. The molecule has 3 unspecified atom stereocenters. The van der Waals surface area contributed by atoms with Gasteiger partial charge in [0.2, 0.25) is 59.3 Å². The lowest BCUT2D eigenvalue weighted by Crippen LogP contribution is -2.65. The first kappa shape index (κ1) is 92.4. The van der Waals surface area contributed by atoms with Gasteiger partial charge in [-0.1, -0.05) is 97.7 Å². The summed E-state index contributed by atoms with van der Waals surface area (Å²) in [6.45, 7) is 6.35. The number of ether oxygens (including phenoxy) is 6. The summed E-state index contributed by atoms with van der Waals surface area (Å²) in [5.41, 5.74) is 4.56. The number of phenols is 3. The van der Waals surface area contributed by atoms with Crippen LogP contribution in [-0.2, 0) is 68.6 Å². The molecule has 7 aromatic carbocycles. The van der Waals surface area contributed by atoms with Crippen molar-refractivity contribution in [1.82, 2.24) is 47.9 Å². The van der Waals surface area contributed by atoms with E-state index in [1.54, 1.807) is 13.8 Å². The molecule has 125 heavy (non-hydrogen) atoms. The molecule has 0 saturated carbocycles. The molecule has 37 nitrogen and oxygen atoms in total. The number of unbranched alkanes of at least 4 members (excludes halogenated alkanes) is 1. The lowest BCUT2D eigenvalue weighted by Gasteiger charge is -2.48. The van der Waals surface area contributed by atoms with Crippen LogP contribution in [0.2, 0.25) is 10.0 Å². The van der Waals surface area contributed by atoms with Gasteiger partial charge in [0, 0.05) is 34.2 Å². The SMILES string of the molecule is CN[C@@H](CC(C)C)C(=O)NC1C(=O)N[C@@H](CC(N)=O)C(=O)N[C@H]2C(=O)NC3C(=O)N[C@H](C(=O)N[C@H](C(=O)NC(CC(=O)O)C(=O)O)c4cc(O)cc(O)c4-c4cc3ccc4O)[C@H](O)c3ccc(cc3)Oc3cc2cc(c3O[C@@H]2O[C@H](CO)[C@@H](O)[C@H](O)[C@H]2O[C@H]2C[C@](C)(NCCCCc3ccc(-c4ccc(Cl)cc4)cc3)[C@H](O)[C@H](C)O2)Oc2ccc(cc2Cl)[C@H]1O. The molecule has 2 saturated heterocycles. The predicted molar refractivity (Wildman–Crippen MR) is 442 cm³/mol. The third-order valence-corrected chi connectivity index (χ3v) is 22.8. The summed E-state index contributed by atoms with van der Waals surface area (Å²) in [6, 6.07) is 13.5. The molecule has 14 rings (SSSR count). The van der Waals surface area contributed by atoms with Crippen LogP contribution in [0.15, 0.2) is 133 Å². The van der Waals surface area contributed by atoms with E-state index < -0.39 is 256 Å². The van der Waals surface area contributed by atoms with Crippen LogP contribution in [0.4, 0.5) is 0 Å². The molecule has 0 aromatic heterocycles. The number of amides is 8. The van der Waals surface area contributed by atoms with Gasteiger partial charge in [-0.15, -0.1) is 0 Å². The molecule has 0 radical (unpaired) electrons. The number of carboxylic acids is 2. The Bertz CT molecular complexity index is 5210. The highest BCUT2D eigenvalue weighted by Crippen LogP contribution is 2.50. The topological polar surface area (TPSA) is 583 Å². The van der Waals surface area contributed by atoms with Gasteiger partial charge in [-0.3, -0.25) is 43.2 Å². The van der Waals surface area contributed by atoms with Crippen LogP contribution in [-0.4, -0.2) is 221 Å². The van der Waals surface area contributed by atoms with E-state index in [-0.39, 0.29) is 46.4 Å². The fraction of sp³-hybridized carbons (Fsp3) is 0.395. The number of likely N-dealkylation sites (N-methyl/N-ethyl adjacent to an activating group) is 1. The quantitative estimate of drug-likeness (QED) is 0.0386. The molecule has 7 aromatic rings. The number of aliphatic hydroxyl groups is 6. The lowest BCUT2D eigenvalue weighted by molar-refractivity contribution is -0.334. The number of carbonyl (C=O) groups excluding carboxylic acids is 8. The standard InChI is InChI=1S/C86H96Cl2N10O27/c1-37(2)26-52(90-5)77(111)97-69-71(107)44-18-24-57(51(88)28-44)122-59-30-45-29-58(74(59)125-85-75(73(109)72(108)60(36-99)123-85)124-63-35-86(4,76(110)38(3)120-63)91-25-7-6-8-39-9-11-40(12-10-39)41-13-19-46(87)20-14-41)121-48-21-15-42(16-22-48)70(106)68-83(117)96-67(81(115)93-54(84(118)119)34-62(104)105)50-31-47(100)32-56(102)64(50)49-27-43(17-23-55(49)101)65(79(113)98-68)95-80(114)66(45)94-78(112)53(33-61(89)103)92-82(69)116/h9-24,27-32,37-38,52-54,60,63,65-73,75-76,85,90-91,99-102,106-110H,6-8,25-26,33-36H2,1-5H3,(H2,89,103)(H,92,116)(H,93,115)(H,94,112)(H,95,114)(H,96,117)(H,97,111)(H,98,113)(H,104,105)(H,118,119)/t38-,52-,53-,54?,60+,63-,65?,66+,67-,68-,69?,70+,71+,72+,73-,75+,76+,85-,86-/m0/s1. The second-order valence-electron chi connectivity index (χ2n) is 31.8. The second kappa shape index (κ2) is 39.6. The maximum Gasteiger partial charge on any atom is 0.326 e.